The Kier molecular flexibility index (Phi) is 4.03. The summed E-state index contributed by atoms with van der Waals surface area (Å²) >= 11 is 0. The van der Waals surface area contributed by atoms with Crippen LogP contribution in [0.15, 0.2) is 53.4 Å². The minimum absolute atomic E-state index is 0.00525. The summed E-state index contributed by atoms with van der Waals surface area (Å²) in [5.41, 5.74) is 1.18. The minimum Gasteiger partial charge on any atom is -0.508 e. The Balaban J connectivity index is 2.13. The van der Waals surface area contributed by atoms with E-state index in [1.54, 1.807) is 24.3 Å². The van der Waals surface area contributed by atoms with Crippen molar-refractivity contribution in [3.8, 4) is 11.8 Å². The molecule has 2 N–H and O–H groups in total. The van der Waals surface area contributed by atoms with Crippen LogP contribution < -0.4 is 4.72 Å². The zero-order chi connectivity index (χ0) is 14.6. The Labute approximate surface area is 117 Å². The molecule has 5 nitrogen and oxygen atoms in total. The van der Waals surface area contributed by atoms with Crippen LogP contribution in [0.4, 0.5) is 0 Å². The predicted molar refractivity (Wildman–Crippen MR) is 73.3 cm³/mol. The Morgan fingerprint density at radius 3 is 2.50 bits per heavy atom. The van der Waals surface area contributed by atoms with Gasteiger partial charge in [-0.05, 0) is 42.0 Å². The van der Waals surface area contributed by atoms with E-state index in [1.807, 2.05) is 6.07 Å². The van der Waals surface area contributed by atoms with Crippen LogP contribution in [0.3, 0.4) is 0 Å². The third kappa shape index (κ3) is 3.35. The van der Waals surface area contributed by atoms with Crippen LogP contribution in [0.2, 0.25) is 0 Å². The molecule has 2 aromatic carbocycles. The molecule has 0 radical (unpaired) electrons. The molecule has 0 heterocycles. The molecule has 20 heavy (non-hydrogen) atoms. The third-order valence-corrected chi connectivity index (χ3v) is 4.09. The average Bonchev–Trinajstić information content (AvgIpc) is 2.46. The number of nitrogens with zero attached hydrogens (tertiary/aromatic N) is 1. The Morgan fingerprint density at radius 2 is 1.85 bits per heavy atom. The summed E-state index contributed by atoms with van der Waals surface area (Å²) in [6.45, 7) is 0.0960. The molecular formula is C14H12N2O3S. The molecule has 6 heteroatoms. The van der Waals surface area contributed by atoms with Gasteiger partial charge in [0.2, 0.25) is 10.0 Å². The lowest BCUT2D eigenvalue weighted by molar-refractivity contribution is 0.474. The first-order chi connectivity index (χ1) is 9.51. The van der Waals surface area contributed by atoms with E-state index in [-0.39, 0.29) is 17.2 Å². The fourth-order valence-corrected chi connectivity index (χ4v) is 2.66. The highest BCUT2D eigenvalue weighted by Gasteiger charge is 2.13. The molecule has 0 atom stereocenters. The van der Waals surface area contributed by atoms with E-state index < -0.39 is 10.0 Å². The highest BCUT2D eigenvalue weighted by atomic mass is 32.2. The number of sulfonamides is 1. The number of phenols is 1. The van der Waals surface area contributed by atoms with Crippen LogP contribution in [0.25, 0.3) is 0 Å². The van der Waals surface area contributed by atoms with Crippen LogP contribution in [0.1, 0.15) is 11.1 Å². The van der Waals surface area contributed by atoms with Gasteiger partial charge in [-0.15, -0.1) is 0 Å². The van der Waals surface area contributed by atoms with E-state index >= 15 is 0 Å². The predicted octanol–water partition coefficient (Wildman–Crippen LogP) is 1.74. The van der Waals surface area contributed by atoms with Gasteiger partial charge in [0.1, 0.15) is 5.75 Å². The quantitative estimate of drug-likeness (QED) is 0.896. The van der Waals surface area contributed by atoms with Gasteiger partial charge in [0.15, 0.2) is 0 Å². The van der Waals surface area contributed by atoms with Gasteiger partial charge in [-0.25, -0.2) is 13.1 Å². The second-order valence-electron chi connectivity index (χ2n) is 4.13. The van der Waals surface area contributed by atoms with Crippen LogP contribution in [-0.4, -0.2) is 13.5 Å². The maximum absolute atomic E-state index is 12.0. The van der Waals surface area contributed by atoms with Gasteiger partial charge in [0.05, 0.1) is 16.5 Å². The molecule has 2 rings (SSSR count). The molecule has 0 unspecified atom stereocenters. The number of rotatable bonds is 4. The summed E-state index contributed by atoms with van der Waals surface area (Å²) < 4.78 is 26.5. The van der Waals surface area contributed by atoms with Gasteiger partial charge < -0.3 is 5.11 Å². The summed E-state index contributed by atoms with van der Waals surface area (Å²) in [6, 6.07) is 14.0. The number of aromatic hydroxyl groups is 1. The maximum Gasteiger partial charge on any atom is 0.240 e. The average molecular weight is 288 g/mol. The van der Waals surface area contributed by atoms with Crippen LogP contribution in [-0.2, 0) is 16.6 Å². The molecule has 2 aromatic rings. The zero-order valence-corrected chi connectivity index (χ0v) is 11.3. The Bertz CT molecular complexity index is 747. The molecule has 0 saturated heterocycles. The van der Waals surface area contributed by atoms with Crippen molar-refractivity contribution in [2.75, 3.05) is 0 Å². The monoisotopic (exact) mass is 288 g/mol. The number of hydrogen-bond acceptors (Lipinski definition) is 4. The number of hydrogen-bond donors (Lipinski definition) is 2. The van der Waals surface area contributed by atoms with E-state index in [4.69, 9.17) is 10.4 Å². The summed E-state index contributed by atoms with van der Waals surface area (Å²) in [5.74, 6) is 0.00525. The minimum atomic E-state index is -3.64. The molecule has 0 aliphatic rings. The summed E-state index contributed by atoms with van der Waals surface area (Å²) in [7, 11) is -3.64. The number of benzene rings is 2. The molecule has 0 bridgehead atoms. The fraction of sp³-hybridized carbons (Fsp3) is 0.0714. The zero-order valence-electron chi connectivity index (χ0n) is 10.4. The SMILES string of the molecule is N#Cc1cccc(CNS(=O)(=O)c2ccc(O)cc2)c1. The van der Waals surface area contributed by atoms with Crippen LogP contribution in [0, 0.1) is 11.3 Å². The van der Waals surface area contributed by atoms with E-state index in [0.717, 1.165) is 0 Å². The van der Waals surface area contributed by atoms with Crippen LogP contribution >= 0.6 is 0 Å². The summed E-state index contributed by atoms with van der Waals surface area (Å²) in [5, 5.41) is 17.9. The van der Waals surface area contributed by atoms with Crippen molar-refractivity contribution in [3.63, 3.8) is 0 Å². The fourth-order valence-electron chi connectivity index (χ4n) is 1.64. The Morgan fingerprint density at radius 1 is 1.15 bits per heavy atom. The largest absolute Gasteiger partial charge is 0.508 e. The molecule has 0 spiro atoms. The molecular weight excluding hydrogens is 276 g/mol. The van der Waals surface area contributed by atoms with Crippen molar-refractivity contribution in [2.45, 2.75) is 11.4 Å². The molecule has 0 aromatic heterocycles. The van der Waals surface area contributed by atoms with Crippen molar-refractivity contribution in [2.24, 2.45) is 0 Å². The third-order valence-electron chi connectivity index (χ3n) is 2.67. The van der Waals surface area contributed by atoms with Gasteiger partial charge in [-0.2, -0.15) is 5.26 Å². The first-order valence-corrected chi connectivity index (χ1v) is 7.27. The van der Waals surface area contributed by atoms with Crippen molar-refractivity contribution in [3.05, 3.63) is 59.7 Å². The molecule has 102 valence electrons. The highest BCUT2D eigenvalue weighted by molar-refractivity contribution is 7.89. The van der Waals surface area contributed by atoms with Gasteiger partial charge in [-0.3, -0.25) is 0 Å². The number of nitriles is 1. The maximum atomic E-state index is 12.0. The normalized spacial score (nSPS) is 10.9. The lowest BCUT2D eigenvalue weighted by atomic mass is 10.1. The molecule has 0 saturated carbocycles. The lowest BCUT2D eigenvalue weighted by Gasteiger charge is -2.07. The molecule has 0 aliphatic heterocycles. The number of phenolic OH excluding ortho intramolecular Hbond substituents is 1. The van der Waals surface area contributed by atoms with E-state index in [1.165, 1.54) is 24.3 Å². The van der Waals surface area contributed by atoms with E-state index in [2.05, 4.69) is 4.72 Å². The summed E-state index contributed by atoms with van der Waals surface area (Å²) in [4.78, 5) is 0.0757. The summed E-state index contributed by atoms with van der Waals surface area (Å²) in [6.07, 6.45) is 0. The van der Waals surface area contributed by atoms with Crippen molar-refractivity contribution < 1.29 is 13.5 Å². The van der Waals surface area contributed by atoms with Crippen LogP contribution in [0.5, 0.6) is 5.75 Å². The Hall–Kier alpha value is -2.36. The van der Waals surface area contributed by atoms with Crippen molar-refractivity contribution in [1.82, 2.24) is 4.72 Å². The first-order valence-electron chi connectivity index (χ1n) is 5.79. The van der Waals surface area contributed by atoms with Gasteiger partial charge in [0, 0.05) is 6.54 Å². The first kappa shape index (κ1) is 14.1. The highest BCUT2D eigenvalue weighted by Crippen LogP contribution is 2.14. The van der Waals surface area contributed by atoms with E-state index in [0.29, 0.717) is 11.1 Å². The van der Waals surface area contributed by atoms with Crippen molar-refractivity contribution >= 4 is 10.0 Å². The van der Waals surface area contributed by atoms with Gasteiger partial charge in [-0.1, -0.05) is 12.1 Å². The van der Waals surface area contributed by atoms with Gasteiger partial charge >= 0.3 is 0 Å². The standard InChI is InChI=1S/C14H12N2O3S/c15-9-11-2-1-3-12(8-11)10-16-20(18,19)14-6-4-13(17)5-7-14/h1-8,16-17H,10H2. The molecule has 0 fully saturated rings. The molecule has 0 amide bonds. The topological polar surface area (TPSA) is 90.2 Å². The molecule has 0 aliphatic carbocycles. The second kappa shape index (κ2) is 5.74. The smallest absolute Gasteiger partial charge is 0.240 e. The van der Waals surface area contributed by atoms with E-state index in [9.17, 15) is 8.42 Å². The van der Waals surface area contributed by atoms with Crippen molar-refractivity contribution in [1.29, 1.82) is 5.26 Å². The van der Waals surface area contributed by atoms with Gasteiger partial charge in [0.25, 0.3) is 0 Å². The second-order valence-corrected chi connectivity index (χ2v) is 5.90. The lowest BCUT2D eigenvalue weighted by Crippen LogP contribution is -2.23. The number of nitrogens with one attached hydrogen (secondary N) is 1.